The number of nitrogens with zero attached hydrogens (tertiary/aromatic N) is 1. The molecule has 80 valence electrons. The third-order valence-electron chi connectivity index (χ3n) is 2.56. The van der Waals surface area contributed by atoms with Crippen molar-refractivity contribution < 1.29 is 9.59 Å². The molecule has 0 aromatic carbocycles. The van der Waals surface area contributed by atoms with Gasteiger partial charge < -0.3 is 4.90 Å². The Morgan fingerprint density at radius 1 is 1.36 bits per heavy atom. The van der Waals surface area contributed by atoms with Crippen LogP contribution in [0.2, 0.25) is 0 Å². The van der Waals surface area contributed by atoms with Gasteiger partial charge in [0.1, 0.15) is 4.84 Å². The lowest BCUT2D eigenvalue weighted by atomic mass is 10.1. The summed E-state index contributed by atoms with van der Waals surface area (Å²) in [6.45, 7) is 3.42. The molecule has 0 N–H and O–H groups in total. The molecule has 0 saturated carbocycles. The topological polar surface area (TPSA) is 37.4 Å². The Labute approximate surface area is 93.3 Å². The summed E-state index contributed by atoms with van der Waals surface area (Å²) in [5, 5.41) is 0. The number of hydrogen-bond acceptors (Lipinski definition) is 2. The maximum atomic E-state index is 11.2. The Hall–Kier alpha value is -0.280. The van der Waals surface area contributed by atoms with Crippen molar-refractivity contribution in [1.29, 1.82) is 0 Å². The van der Waals surface area contributed by atoms with Crippen LogP contribution in [0.1, 0.15) is 20.3 Å². The number of amides is 1. The SMILES string of the molecule is CC(=O)[C@@H]1C[C@@H](C(Cl)Cl)CN1C(C)=O. The minimum Gasteiger partial charge on any atom is -0.333 e. The Bertz CT molecular complexity index is 233. The smallest absolute Gasteiger partial charge is 0.220 e. The van der Waals surface area contributed by atoms with Crippen LogP contribution in [-0.2, 0) is 9.59 Å². The summed E-state index contributed by atoms with van der Waals surface area (Å²) in [5.41, 5.74) is 0. The first-order valence-corrected chi connectivity index (χ1v) is 5.36. The second-order valence-electron chi connectivity index (χ2n) is 3.63. The van der Waals surface area contributed by atoms with Crippen LogP contribution in [0.3, 0.4) is 0 Å². The van der Waals surface area contributed by atoms with E-state index in [1.807, 2.05) is 0 Å². The summed E-state index contributed by atoms with van der Waals surface area (Å²) in [6.07, 6.45) is 0.576. The van der Waals surface area contributed by atoms with Crippen LogP contribution in [-0.4, -0.2) is 34.0 Å². The van der Waals surface area contributed by atoms with Crippen molar-refractivity contribution in [2.75, 3.05) is 6.54 Å². The maximum absolute atomic E-state index is 11.2. The highest BCUT2D eigenvalue weighted by Crippen LogP contribution is 2.30. The first-order chi connectivity index (χ1) is 6.43. The van der Waals surface area contributed by atoms with Crippen LogP contribution in [0.4, 0.5) is 0 Å². The molecule has 1 fully saturated rings. The second kappa shape index (κ2) is 4.49. The Kier molecular flexibility index (Phi) is 3.78. The zero-order valence-electron chi connectivity index (χ0n) is 8.17. The van der Waals surface area contributed by atoms with Crippen molar-refractivity contribution in [1.82, 2.24) is 4.90 Å². The Balaban J connectivity index is 2.75. The third kappa shape index (κ3) is 2.39. The van der Waals surface area contributed by atoms with Crippen LogP contribution < -0.4 is 0 Å². The zero-order valence-corrected chi connectivity index (χ0v) is 9.68. The van der Waals surface area contributed by atoms with E-state index in [-0.39, 0.29) is 23.7 Å². The molecule has 1 aliphatic heterocycles. The molecule has 1 rings (SSSR count). The lowest BCUT2D eigenvalue weighted by molar-refractivity contribution is -0.135. The highest BCUT2D eigenvalue weighted by atomic mass is 35.5. The fraction of sp³-hybridized carbons (Fsp3) is 0.778. The van der Waals surface area contributed by atoms with Gasteiger partial charge in [-0.3, -0.25) is 9.59 Å². The van der Waals surface area contributed by atoms with E-state index in [2.05, 4.69) is 0 Å². The molecule has 5 heteroatoms. The molecule has 0 aliphatic carbocycles. The number of rotatable bonds is 2. The number of carbonyl (C=O) groups excluding carboxylic acids is 2. The van der Waals surface area contributed by atoms with Gasteiger partial charge in [0.2, 0.25) is 5.91 Å². The second-order valence-corrected chi connectivity index (χ2v) is 4.79. The molecule has 1 aliphatic rings. The van der Waals surface area contributed by atoms with Crippen LogP contribution in [0.5, 0.6) is 0 Å². The van der Waals surface area contributed by atoms with Gasteiger partial charge in [-0.2, -0.15) is 0 Å². The van der Waals surface area contributed by atoms with Gasteiger partial charge in [0.05, 0.1) is 6.04 Å². The van der Waals surface area contributed by atoms with E-state index in [1.165, 1.54) is 13.8 Å². The van der Waals surface area contributed by atoms with Crippen molar-refractivity contribution in [2.24, 2.45) is 5.92 Å². The van der Waals surface area contributed by atoms with Crippen molar-refractivity contribution in [3.05, 3.63) is 0 Å². The monoisotopic (exact) mass is 237 g/mol. The molecule has 2 atom stereocenters. The molecule has 0 spiro atoms. The minimum absolute atomic E-state index is 0.00307. The van der Waals surface area contributed by atoms with Gasteiger partial charge in [0.25, 0.3) is 0 Å². The standard InChI is InChI=1S/C9H13Cl2NO2/c1-5(13)8-3-7(9(10)11)4-12(8)6(2)14/h7-9H,3-4H2,1-2H3/t7-,8+/m1/s1. The first-order valence-electron chi connectivity index (χ1n) is 4.49. The maximum Gasteiger partial charge on any atom is 0.220 e. The molecule has 1 saturated heterocycles. The highest BCUT2D eigenvalue weighted by molar-refractivity contribution is 6.44. The number of ketones is 1. The van der Waals surface area contributed by atoms with Gasteiger partial charge in [0, 0.05) is 19.4 Å². The molecular formula is C9H13Cl2NO2. The van der Waals surface area contributed by atoms with Gasteiger partial charge in [-0.05, 0) is 13.3 Å². The quantitative estimate of drug-likeness (QED) is 0.685. The van der Waals surface area contributed by atoms with Crippen LogP contribution in [0, 0.1) is 5.92 Å². The molecule has 1 amide bonds. The van der Waals surface area contributed by atoms with Crippen LogP contribution in [0.25, 0.3) is 0 Å². The molecule has 3 nitrogen and oxygen atoms in total. The molecule has 0 radical (unpaired) electrons. The molecule has 14 heavy (non-hydrogen) atoms. The lowest BCUT2D eigenvalue weighted by Crippen LogP contribution is -2.38. The summed E-state index contributed by atoms with van der Waals surface area (Å²) >= 11 is 11.5. The fourth-order valence-electron chi connectivity index (χ4n) is 1.78. The van der Waals surface area contributed by atoms with Gasteiger partial charge in [0.15, 0.2) is 5.78 Å². The van der Waals surface area contributed by atoms with Gasteiger partial charge >= 0.3 is 0 Å². The van der Waals surface area contributed by atoms with Gasteiger partial charge in [-0.25, -0.2) is 0 Å². The van der Waals surface area contributed by atoms with E-state index in [0.717, 1.165) is 0 Å². The number of carbonyl (C=O) groups is 2. The third-order valence-corrected chi connectivity index (χ3v) is 3.28. The lowest BCUT2D eigenvalue weighted by Gasteiger charge is -2.20. The average molecular weight is 238 g/mol. The molecule has 0 unspecified atom stereocenters. The summed E-state index contributed by atoms with van der Waals surface area (Å²) in [4.78, 5) is 23.5. The normalized spacial score (nSPS) is 27.1. The Morgan fingerprint density at radius 3 is 2.21 bits per heavy atom. The molecule has 0 aromatic heterocycles. The molecular weight excluding hydrogens is 225 g/mol. The summed E-state index contributed by atoms with van der Waals surface area (Å²) < 4.78 is 0. The predicted molar refractivity (Wildman–Crippen MR) is 55.5 cm³/mol. The van der Waals surface area contributed by atoms with E-state index in [4.69, 9.17) is 23.2 Å². The number of hydrogen-bond donors (Lipinski definition) is 0. The number of Topliss-reactive ketones (excluding diaryl/α,β-unsaturated/α-hetero) is 1. The van der Waals surface area contributed by atoms with Crippen molar-refractivity contribution >= 4 is 34.9 Å². The highest BCUT2D eigenvalue weighted by Gasteiger charge is 2.38. The number of alkyl halides is 2. The largest absolute Gasteiger partial charge is 0.333 e. The minimum atomic E-state index is -0.513. The van der Waals surface area contributed by atoms with E-state index in [1.54, 1.807) is 4.90 Å². The summed E-state index contributed by atoms with van der Waals surface area (Å²) in [6, 6.07) is -0.336. The molecule has 0 aromatic rings. The average Bonchev–Trinajstić information content (AvgIpc) is 2.47. The van der Waals surface area contributed by atoms with Gasteiger partial charge in [-0.1, -0.05) is 0 Å². The van der Waals surface area contributed by atoms with E-state index in [9.17, 15) is 9.59 Å². The summed E-state index contributed by atoms with van der Waals surface area (Å²) in [7, 11) is 0. The van der Waals surface area contributed by atoms with Crippen LogP contribution >= 0.6 is 23.2 Å². The van der Waals surface area contributed by atoms with E-state index >= 15 is 0 Å². The molecule has 0 bridgehead atoms. The number of halogens is 2. The van der Waals surface area contributed by atoms with Crippen molar-refractivity contribution in [3.63, 3.8) is 0 Å². The Morgan fingerprint density at radius 2 is 1.93 bits per heavy atom. The van der Waals surface area contributed by atoms with E-state index < -0.39 is 4.84 Å². The summed E-state index contributed by atoms with van der Waals surface area (Å²) in [5.74, 6) is -0.0884. The van der Waals surface area contributed by atoms with Gasteiger partial charge in [-0.15, -0.1) is 23.2 Å². The van der Waals surface area contributed by atoms with Crippen molar-refractivity contribution in [3.8, 4) is 0 Å². The predicted octanol–water partition coefficient (Wildman–Crippen LogP) is 1.62. The van der Waals surface area contributed by atoms with E-state index in [0.29, 0.717) is 13.0 Å². The van der Waals surface area contributed by atoms with Crippen molar-refractivity contribution in [2.45, 2.75) is 31.1 Å². The number of likely N-dealkylation sites (tertiary alicyclic amines) is 1. The zero-order chi connectivity index (χ0) is 10.9. The molecule has 1 heterocycles. The fourth-order valence-corrected chi connectivity index (χ4v) is 2.15. The van der Waals surface area contributed by atoms with Crippen LogP contribution in [0.15, 0.2) is 0 Å². The first kappa shape index (κ1) is 11.8.